The van der Waals surface area contributed by atoms with Gasteiger partial charge in [-0.05, 0) is 62.1 Å². The lowest BCUT2D eigenvalue weighted by atomic mass is 9.87. The molecule has 2 aliphatic heterocycles. The number of nitrogens with zero attached hydrogens (tertiary/aromatic N) is 1. The molecule has 2 aliphatic rings. The fourth-order valence-electron chi connectivity index (χ4n) is 4.47. The normalized spacial score (nSPS) is 22.0. The second-order valence-electron chi connectivity index (χ2n) is 8.43. The summed E-state index contributed by atoms with van der Waals surface area (Å²) in [7, 11) is 1.52. The van der Waals surface area contributed by atoms with Crippen LogP contribution in [0, 0.1) is 0 Å². The number of ether oxygens (including phenoxy) is 4. The molecule has 8 nitrogen and oxygen atoms in total. The number of benzene rings is 1. The van der Waals surface area contributed by atoms with Crippen LogP contribution in [-0.4, -0.2) is 71.8 Å². The smallest absolute Gasteiger partial charge is 0.342 e. The van der Waals surface area contributed by atoms with Gasteiger partial charge in [0, 0.05) is 19.0 Å². The van der Waals surface area contributed by atoms with Gasteiger partial charge in [0.25, 0.3) is 0 Å². The molecule has 9 heteroatoms. The van der Waals surface area contributed by atoms with E-state index < -0.39 is 23.1 Å². The van der Waals surface area contributed by atoms with Crippen LogP contribution in [0.4, 0.5) is 0 Å². The van der Waals surface area contributed by atoms with Gasteiger partial charge in [0.15, 0.2) is 23.2 Å². The first-order chi connectivity index (χ1) is 15.8. The van der Waals surface area contributed by atoms with Crippen molar-refractivity contribution in [3.05, 3.63) is 35.1 Å². The number of methoxy groups -OCH3 is 1. The topological polar surface area (TPSA) is 97.7 Å². The van der Waals surface area contributed by atoms with E-state index in [0.717, 1.165) is 37.1 Å². The van der Waals surface area contributed by atoms with Gasteiger partial charge in [-0.3, -0.25) is 0 Å². The lowest BCUT2D eigenvalue weighted by Gasteiger charge is -2.34. The molecule has 1 aromatic rings. The number of hydrogen-bond donors (Lipinski definition) is 3. The van der Waals surface area contributed by atoms with Gasteiger partial charge in [0.1, 0.15) is 11.2 Å². The third-order valence-corrected chi connectivity index (χ3v) is 6.87. The van der Waals surface area contributed by atoms with Gasteiger partial charge in [-0.25, -0.2) is 4.79 Å². The summed E-state index contributed by atoms with van der Waals surface area (Å²) in [5.41, 5.74) is -1.65. The maximum atomic E-state index is 13.1. The molecule has 0 aromatic heterocycles. The van der Waals surface area contributed by atoms with Gasteiger partial charge in [-0.2, -0.15) is 0 Å². The molecule has 0 bridgehead atoms. The van der Waals surface area contributed by atoms with Crippen LogP contribution in [0.2, 0.25) is 0 Å². The number of esters is 1. The molecule has 0 fully saturated rings. The Labute approximate surface area is 200 Å². The van der Waals surface area contributed by atoms with Gasteiger partial charge < -0.3 is 34.1 Å². The highest BCUT2D eigenvalue weighted by Gasteiger charge is 2.45. The molecule has 184 valence electrons. The number of hydrogen-bond acceptors (Lipinski definition) is 9. The fourth-order valence-corrected chi connectivity index (χ4v) is 4.76. The van der Waals surface area contributed by atoms with Gasteiger partial charge in [0.05, 0.1) is 7.11 Å². The molecule has 0 saturated carbocycles. The molecule has 0 aliphatic carbocycles. The highest BCUT2D eigenvalue weighted by molar-refractivity contribution is 7.80. The third-order valence-electron chi connectivity index (χ3n) is 6.45. The molecule has 2 N–H and O–H groups in total. The quantitative estimate of drug-likeness (QED) is 0.214. The van der Waals surface area contributed by atoms with E-state index in [1.165, 1.54) is 7.11 Å². The van der Waals surface area contributed by atoms with Crippen LogP contribution >= 0.6 is 12.6 Å². The van der Waals surface area contributed by atoms with E-state index in [0.29, 0.717) is 23.8 Å². The Bertz CT molecular complexity index is 875. The first-order valence-electron chi connectivity index (χ1n) is 11.4. The van der Waals surface area contributed by atoms with Crippen LogP contribution in [0.5, 0.6) is 11.5 Å². The van der Waals surface area contributed by atoms with E-state index in [1.54, 1.807) is 19.9 Å². The summed E-state index contributed by atoms with van der Waals surface area (Å²) < 4.78 is 22.8. The maximum Gasteiger partial charge on any atom is 0.342 e. The molecule has 2 heterocycles. The lowest BCUT2D eigenvalue weighted by Crippen LogP contribution is -2.50. The summed E-state index contributed by atoms with van der Waals surface area (Å²) in [5.74, 6) is 0.589. The van der Waals surface area contributed by atoms with Crippen molar-refractivity contribution < 1.29 is 34.0 Å². The van der Waals surface area contributed by atoms with E-state index in [4.69, 9.17) is 18.9 Å². The van der Waals surface area contributed by atoms with Crippen molar-refractivity contribution in [1.29, 1.82) is 0 Å². The molecule has 33 heavy (non-hydrogen) atoms. The summed E-state index contributed by atoms with van der Waals surface area (Å²) in [6.07, 6.45) is 2.67. The molecule has 1 aromatic carbocycles. The zero-order chi connectivity index (χ0) is 24.2. The molecule has 3 unspecified atom stereocenters. The van der Waals surface area contributed by atoms with Crippen molar-refractivity contribution in [3.63, 3.8) is 0 Å². The molecule has 3 rings (SSSR count). The summed E-state index contributed by atoms with van der Waals surface area (Å²) in [4.78, 5) is 15.4. The number of allylic oxidation sites excluding steroid dienone is 1. The zero-order valence-electron chi connectivity index (χ0n) is 19.7. The maximum absolute atomic E-state index is 13.1. The second-order valence-corrected chi connectivity index (χ2v) is 8.92. The number of carbonyl (C=O) groups is 1. The van der Waals surface area contributed by atoms with Gasteiger partial charge >= 0.3 is 5.97 Å². The average molecular weight is 482 g/mol. The Morgan fingerprint density at radius 2 is 2.06 bits per heavy atom. The van der Waals surface area contributed by atoms with E-state index in [9.17, 15) is 15.0 Å². The fraction of sp³-hybridized carbons (Fsp3) is 0.625. The minimum Gasteiger partial charge on any atom is -0.497 e. The summed E-state index contributed by atoms with van der Waals surface area (Å²) in [6.45, 7) is 8.06. The molecule has 0 radical (unpaired) electrons. The zero-order valence-corrected chi connectivity index (χ0v) is 20.6. The van der Waals surface area contributed by atoms with Crippen LogP contribution in [-0.2, 0) is 20.7 Å². The van der Waals surface area contributed by atoms with E-state index in [-0.39, 0.29) is 19.1 Å². The SMILES string of the molecule is C/C=C(/OC)C(OC(=O)[C@@](O)(CC)C(O)S)C1CN(CCC)CCc2cc3c(cc21)OCO3. The largest absolute Gasteiger partial charge is 0.497 e. The number of fused-ring (bicyclic) bond motifs is 2. The average Bonchev–Trinajstić information content (AvgIpc) is 3.19. The molecular formula is C24H35NO7S. The lowest BCUT2D eigenvalue weighted by molar-refractivity contribution is -0.179. The third kappa shape index (κ3) is 5.26. The van der Waals surface area contributed by atoms with Crippen LogP contribution in [0.1, 0.15) is 50.7 Å². The predicted molar refractivity (Wildman–Crippen MR) is 127 cm³/mol. The molecule has 0 spiro atoms. The number of thiol groups is 1. The van der Waals surface area contributed by atoms with Crippen LogP contribution in [0.25, 0.3) is 0 Å². The van der Waals surface area contributed by atoms with Crippen molar-refractivity contribution in [2.24, 2.45) is 0 Å². The molecule has 0 amide bonds. The molecular weight excluding hydrogens is 446 g/mol. The molecule has 0 saturated heterocycles. The minimum atomic E-state index is -2.14. The van der Waals surface area contributed by atoms with E-state index in [2.05, 4.69) is 24.5 Å². The van der Waals surface area contributed by atoms with Crippen LogP contribution < -0.4 is 9.47 Å². The Morgan fingerprint density at radius 1 is 1.36 bits per heavy atom. The highest BCUT2D eigenvalue weighted by atomic mass is 32.1. The first-order valence-corrected chi connectivity index (χ1v) is 11.9. The van der Waals surface area contributed by atoms with Crippen molar-refractivity contribution in [1.82, 2.24) is 4.90 Å². The standard InChI is InChI=1S/C24H35NO7S/c1-5-9-25-10-8-15-11-19-20(31-14-30-19)12-16(15)17(13-25)21(18(6-2)29-4)32-22(26)24(28,7-3)23(27)33/h6,11-12,17,21,23,27-28,33H,5,7-10,13-14H2,1-4H3/b18-6+/t17?,21?,23?,24-/m0/s1. The minimum absolute atomic E-state index is 0.0523. The van der Waals surface area contributed by atoms with E-state index in [1.807, 2.05) is 12.1 Å². The Balaban J connectivity index is 2.07. The van der Waals surface area contributed by atoms with Crippen molar-refractivity contribution in [2.45, 2.75) is 63.1 Å². The van der Waals surface area contributed by atoms with Crippen molar-refractivity contribution in [3.8, 4) is 11.5 Å². The second kappa shape index (κ2) is 11.0. The van der Waals surface area contributed by atoms with Gasteiger partial charge in [0.2, 0.25) is 6.79 Å². The van der Waals surface area contributed by atoms with Gasteiger partial charge in [-0.1, -0.05) is 13.8 Å². The molecule has 4 atom stereocenters. The monoisotopic (exact) mass is 481 g/mol. The number of aliphatic hydroxyl groups excluding tert-OH is 1. The summed E-state index contributed by atoms with van der Waals surface area (Å²) in [6, 6.07) is 3.96. The number of aliphatic hydroxyl groups is 2. The van der Waals surface area contributed by atoms with Crippen LogP contribution in [0.3, 0.4) is 0 Å². The highest BCUT2D eigenvalue weighted by Crippen LogP contribution is 2.42. The Kier molecular flexibility index (Phi) is 8.55. The van der Waals surface area contributed by atoms with Crippen LogP contribution in [0.15, 0.2) is 24.0 Å². The predicted octanol–water partition coefficient (Wildman–Crippen LogP) is 2.62. The summed E-state index contributed by atoms with van der Waals surface area (Å²) in [5, 5.41) is 20.7. The van der Waals surface area contributed by atoms with Gasteiger partial charge in [-0.15, -0.1) is 12.6 Å². The number of carbonyl (C=O) groups excluding carboxylic acids is 1. The summed E-state index contributed by atoms with van der Waals surface area (Å²) >= 11 is 3.91. The van der Waals surface area contributed by atoms with E-state index >= 15 is 0 Å². The van der Waals surface area contributed by atoms with Crippen molar-refractivity contribution >= 4 is 18.6 Å². The first kappa shape index (κ1) is 25.7. The number of rotatable bonds is 9. The Hall–Kier alpha value is -1.94. The van der Waals surface area contributed by atoms with Crippen molar-refractivity contribution in [2.75, 3.05) is 33.5 Å². The Morgan fingerprint density at radius 3 is 2.64 bits per heavy atom.